The Morgan fingerprint density at radius 1 is 1.28 bits per heavy atom. The van der Waals surface area contributed by atoms with E-state index in [0.29, 0.717) is 12.3 Å². The van der Waals surface area contributed by atoms with Crippen molar-refractivity contribution in [2.75, 3.05) is 0 Å². The predicted molar refractivity (Wildman–Crippen MR) is 95.2 cm³/mol. The summed E-state index contributed by atoms with van der Waals surface area (Å²) in [6, 6.07) is 10.1. The molecule has 0 unspecified atom stereocenters. The average Bonchev–Trinajstić information content (AvgIpc) is 3.00. The number of carbonyl (C=O) groups excluding carboxylic acids is 2. The Morgan fingerprint density at radius 3 is 2.52 bits per heavy atom. The molecule has 0 saturated heterocycles. The number of H-pyrrole nitrogens is 1. The van der Waals surface area contributed by atoms with Gasteiger partial charge in [-0.15, -0.1) is 0 Å². The Morgan fingerprint density at radius 2 is 1.96 bits per heavy atom. The molecule has 0 radical (unpaired) electrons. The van der Waals surface area contributed by atoms with Gasteiger partial charge in [0.15, 0.2) is 0 Å². The maximum Gasteiger partial charge on any atom is 0.269 e. The minimum absolute atomic E-state index is 0.0446. The van der Waals surface area contributed by atoms with Gasteiger partial charge in [-0.25, -0.2) is 0 Å². The van der Waals surface area contributed by atoms with Gasteiger partial charge in [-0.1, -0.05) is 38.1 Å². The fourth-order valence-electron chi connectivity index (χ4n) is 3.15. The van der Waals surface area contributed by atoms with Gasteiger partial charge in [-0.3, -0.25) is 14.7 Å². The molecule has 6 nitrogen and oxygen atoms in total. The highest BCUT2D eigenvalue weighted by Gasteiger charge is 2.32. The molecular formula is C19H24N4O2. The van der Waals surface area contributed by atoms with Crippen molar-refractivity contribution in [1.29, 1.82) is 0 Å². The Hall–Kier alpha value is -2.63. The zero-order chi connectivity index (χ0) is 18.0. The normalized spacial score (nSPS) is 19.5. The summed E-state index contributed by atoms with van der Waals surface area (Å²) in [7, 11) is 0. The standard InChI is InChI=1S/C19H24N4O2/c1-11(2)13-5-3-12(4-6-13)7-18(24)21-15-8-14(9-15)16-10-17(19(20)25)23-22-16/h3-6,10-11,14-15H,7-9H2,1-2H3,(H2,20,25)(H,21,24)(H,22,23). The monoisotopic (exact) mass is 340 g/mol. The third-order valence-corrected chi connectivity index (χ3v) is 4.80. The van der Waals surface area contributed by atoms with E-state index in [1.54, 1.807) is 6.07 Å². The van der Waals surface area contributed by atoms with E-state index in [9.17, 15) is 9.59 Å². The number of nitrogens with two attached hydrogens (primary N) is 1. The van der Waals surface area contributed by atoms with E-state index < -0.39 is 5.91 Å². The molecule has 1 heterocycles. The highest BCUT2D eigenvalue weighted by Crippen LogP contribution is 2.36. The molecule has 6 heteroatoms. The number of hydrogen-bond acceptors (Lipinski definition) is 3. The zero-order valence-corrected chi connectivity index (χ0v) is 14.6. The average molecular weight is 340 g/mol. The number of benzene rings is 1. The third kappa shape index (κ3) is 4.07. The number of aromatic amines is 1. The van der Waals surface area contributed by atoms with Crippen molar-refractivity contribution in [3.05, 3.63) is 52.8 Å². The largest absolute Gasteiger partial charge is 0.364 e. The van der Waals surface area contributed by atoms with Crippen LogP contribution in [0.4, 0.5) is 0 Å². The van der Waals surface area contributed by atoms with Gasteiger partial charge in [0.25, 0.3) is 5.91 Å². The smallest absolute Gasteiger partial charge is 0.269 e. The summed E-state index contributed by atoms with van der Waals surface area (Å²) in [6.45, 7) is 4.31. The van der Waals surface area contributed by atoms with Crippen LogP contribution in [0.2, 0.25) is 0 Å². The molecule has 2 amide bonds. The summed E-state index contributed by atoms with van der Waals surface area (Å²) in [4.78, 5) is 23.2. The lowest BCUT2D eigenvalue weighted by molar-refractivity contribution is -0.121. The number of rotatable bonds is 6. The van der Waals surface area contributed by atoms with Gasteiger partial charge >= 0.3 is 0 Å². The van der Waals surface area contributed by atoms with E-state index in [-0.39, 0.29) is 23.6 Å². The van der Waals surface area contributed by atoms with Crippen LogP contribution in [0.5, 0.6) is 0 Å². The molecule has 25 heavy (non-hydrogen) atoms. The highest BCUT2D eigenvalue weighted by atomic mass is 16.2. The number of nitrogens with one attached hydrogen (secondary N) is 2. The second-order valence-corrected chi connectivity index (χ2v) is 7.08. The SMILES string of the molecule is CC(C)c1ccc(CC(=O)NC2CC(c3cc(C(N)=O)n[nH]3)C2)cc1. The van der Waals surface area contributed by atoms with Crippen molar-refractivity contribution >= 4 is 11.8 Å². The van der Waals surface area contributed by atoms with Crippen molar-refractivity contribution in [3.8, 4) is 0 Å². The second kappa shape index (κ2) is 7.09. The minimum Gasteiger partial charge on any atom is -0.364 e. The van der Waals surface area contributed by atoms with Crippen LogP contribution in [0.15, 0.2) is 30.3 Å². The molecule has 4 N–H and O–H groups in total. The van der Waals surface area contributed by atoms with Gasteiger partial charge in [0.1, 0.15) is 5.69 Å². The van der Waals surface area contributed by atoms with E-state index in [4.69, 9.17) is 5.73 Å². The lowest BCUT2D eigenvalue weighted by Crippen LogP contribution is -2.44. The van der Waals surface area contributed by atoms with Crippen LogP contribution in [0.1, 0.15) is 65.8 Å². The van der Waals surface area contributed by atoms with Gasteiger partial charge in [-0.05, 0) is 36.0 Å². The summed E-state index contributed by atoms with van der Waals surface area (Å²) in [5.74, 6) is 0.293. The lowest BCUT2D eigenvalue weighted by atomic mass is 9.78. The van der Waals surface area contributed by atoms with Gasteiger partial charge in [0, 0.05) is 17.7 Å². The molecular weight excluding hydrogens is 316 g/mol. The number of primary amides is 1. The quantitative estimate of drug-likeness (QED) is 0.751. The van der Waals surface area contributed by atoms with Crippen molar-refractivity contribution in [3.63, 3.8) is 0 Å². The molecule has 3 rings (SSSR count). The van der Waals surface area contributed by atoms with Crippen LogP contribution >= 0.6 is 0 Å². The van der Waals surface area contributed by atoms with E-state index in [0.717, 1.165) is 24.1 Å². The van der Waals surface area contributed by atoms with E-state index in [1.165, 1.54) is 5.56 Å². The zero-order valence-electron chi connectivity index (χ0n) is 14.6. The van der Waals surface area contributed by atoms with Crippen molar-refractivity contribution in [2.24, 2.45) is 5.73 Å². The number of aromatic nitrogens is 2. The molecule has 1 aromatic carbocycles. The van der Waals surface area contributed by atoms with Gasteiger partial charge < -0.3 is 11.1 Å². The van der Waals surface area contributed by atoms with Crippen LogP contribution in [0.25, 0.3) is 0 Å². The van der Waals surface area contributed by atoms with Crippen LogP contribution in [0, 0.1) is 0 Å². The summed E-state index contributed by atoms with van der Waals surface area (Å²) >= 11 is 0. The Kier molecular flexibility index (Phi) is 4.88. The van der Waals surface area contributed by atoms with E-state index in [1.807, 2.05) is 12.1 Å². The first-order valence-electron chi connectivity index (χ1n) is 8.65. The molecule has 1 aliphatic rings. The number of hydrogen-bond donors (Lipinski definition) is 3. The van der Waals surface area contributed by atoms with E-state index >= 15 is 0 Å². The maximum absolute atomic E-state index is 12.2. The second-order valence-electron chi connectivity index (χ2n) is 7.08. The molecule has 2 aromatic rings. The summed E-state index contributed by atoms with van der Waals surface area (Å²) in [5, 5.41) is 9.81. The first kappa shape index (κ1) is 17.2. The third-order valence-electron chi connectivity index (χ3n) is 4.80. The van der Waals surface area contributed by atoms with Gasteiger partial charge in [0.2, 0.25) is 5.91 Å². The molecule has 0 atom stereocenters. The summed E-state index contributed by atoms with van der Waals surface area (Å²) in [5.41, 5.74) is 8.67. The van der Waals surface area contributed by atoms with Crippen LogP contribution < -0.4 is 11.1 Å². The fourth-order valence-corrected chi connectivity index (χ4v) is 3.15. The van der Waals surface area contributed by atoms with Crippen molar-refractivity contribution in [2.45, 2.75) is 51.0 Å². The van der Waals surface area contributed by atoms with Gasteiger partial charge in [0.05, 0.1) is 6.42 Å². The lowest BCUT2D eigenvalue weighted by Gasteiger charge is -2.35. The molecule has 0 aliphatic heterocycles. The topological polar surface area (TPSA) is 101 Å². The Balaban J connectivity index is 1.46. The fraction of sp³-hybridized carbons (Fsp3) is 0.421. The van der Waals surface area contributed by atoms with Crippen LogP contribution in [-0.4, -0.2) is 28.1 Å². The predicted octanol–water partition coefficient (Wildman–Crippen LogP) is 2.24. The minimum atomic E-state index is -0.532. The van der Waals surface area contributed by atoms with Crippen LogP contribution in [0.3, 0.4) is 0 Å². The molecule has 1 saturated carbocycles. The molecule has 1 aromatic heterocycles. The molecule has 0 bridgehead atoms. The first-order chi connectivity index (χ1) is 11.9. The van der Waals surface area contributed by atoms with Crippen molar-refractivity contribution in [1.82, 2.24) is 15.5 Å². The van der Waals surface area contributed by atoms with Crippen molar-refractivity contribution < 1.29 is 9.59 Å². The summed E-state index contributed by atoms with van der Waals surface area (Å²) in [6.07, 6.45) is 2.09. The Labute approximate surface area is 147 Å². The summed E-state index contributed by atoms with van der Waals surface area (Å²) < 4.78 is 0. The Bertz CT molecular complexity index is 758. The van der Waals surface area contributed by atoms with Crippen LogP contribution in [-0.2, 0) is 11.2 Å². The molecule has 1 aliphatic carbocycles. The number of carbonyl (C=O) groups is 2. The highest BCUT2D eigenvalue weighted by molar-refractivity contribution is 5.90. The van der Waals surface area contributed by atoms with Gasteiger partial charge in [-0.2, -0.15) is 5.10 Å². The number of nitrogens with zero attached hydrogens (tertiary/aromatic N) is 1. The number of amides is 2. The molecule has 0 spiro atoms. The molecule has 132 valence electrons. The van der Waals surface area contributed by atoms with E-state index in [2.05, 4.69) is 41.5 Å². The maximum atomic E-state index is 12.2. The first-order valence-corrected chi connectivity index (χ1v) is 8.65. The molecule has 1 fully saturated rings.